The summed E-state index contributed by atoms with van der Waals surface area (Å²) in [5.41, 5.74) is 1.23. The first-order valence-electron chi connectivity index (χ1n) is 14.7. The number of morpholine rings is 1. The molecule has 1 saturated carbocycles. The van der Waals surface area contributed by atoms with Gasteiger partial charge in [-0.2, -0.15) is 0 Å². The Morgan fingerprint density at radius 1 is 1.05 bits per heavy atom. The van der Waals surface area contributed by atoms with Crippen molar-refractivity contribution in [1.29, 1.82) is 0 Å². The van der Waals surface area contributed by atoms with E-state index in [1.807, 2.05) is 29.3 Å². The number of carbonyl (C=O) groups excluding carboxylic acids is 1. The number of ether oxygens (including phenoxy) is 2. The Balaban J connectivity index is 1.42. The third-order valence-electron chi connectivity index (χ3n) is 8.84. The fourth-order valence-electron chi connectivity index (χ4n) is 6.44. The van der Waals surface area contributed by atoms with Gasteiger partial charge >= 0.3 is 0 Å². The van der Waals surface area contributed by atoms with Gasteiger partial charge in [-0.25, -0.2) is 8.78 Å². The zero-order chi connectivity index (χ0) is 29.0. The molecule has 1 amide bonds. The average Bonchev–Trinajstić information content (AvgIpc) is 3.78. The summed E-state index contributed by atoms with van der Waals surface area (Å²) in [5.74, 6) is -1.75. The Bertz CT molecular complexity index is 1610. The lowest BCUT2D eigenvalue weighted by atomic mass is 9.93. The topological polar surface area (TPSA) is 64.0 Å². The van der Waals surface area contributed by atoms with Crippen LogP contribution in [0, 0.1) is 11.6 Å². The van der Waals surface area contributed by atoms with Crippen LogP contribution in [0.5, 0.6) is 5.75 Å². The predicted molar refractivity (Wildman–Crippen MR) is 156 cm³/mol. The van der Waals surface area contributed by atoms with Crippen LogP contribution in [0.4, 0.5) is 8.78 Å². The van der Waals surface area contributed by atoms with E-state index in [-0.39, 0.29) is 46.3 Å². The standard InChI is InChI=1S/C32H33F2N3O4S/c1-2-3-4-7-16-40-30-24(38)12-15-36-29(30)31(39)35-19-32(13-14-32)41-17-26(35)37(36)28-20-10-11-23(33)27(34)22(20)18-42-25-9-6-5-8-21(25)28/h5-6,8-12,15,26,28H,2-4,7,13-14,16-19H2,1H3/t26-,28+/m1/s1. The number of halogens is 2. The van der Waals surface area contributed by atoms with Crippen molar-refractivity contribution < 1.29 is 23.0 Å². The van der Waals surface area contributed by atoms with Crippen LogP contribution in [-0.4, -0.2) is 47.0 Å². The SMILES string of the molecule is CCCCCCOc1c2n(ccc1=O)N([C@@H]1c3ccccc3SCc3c1ccc(F)c3F)[C@@H]1COC3(CC3)CN1C2=O. The van der Waals surface area contributed by atoms with Crippen molar-refractivity contribution in [2.45, 2.75) is 73.9 Å². The van der Waals surface area contributed by atoms with Crippen LogP contribution in [0.2, 0.25) is 0 Å². The summed E-state index contributed by atoms with van der Waals surface area (Å²) in [6, 6.07) is 11.4. The van der Waals surface area contributed by atoms with Crippen LogP contribution in [0.25, 0.3) is 0 Å². The minimum absolute atomic E-state index is 0.0283. The zero-order valence-corrected chi connectivity index (χ0v) is 24.3. The summed E-state index contributed by atoms with van der Waals surface area (Å²) in [6.45, 7) is 3.09. The van der Waals surface area contributed by atoms with Crippen LogP contribution in [0.3, 0.4) is 0 Å². The fraction of sp³-hybridized carbons (Fsp3) is 0.438. The van der Waals surface area contributed by atoms with E-state index in [4.69, 9.17) is 9.47 Å². The molecule has 0 unspecified atom stereocenters. The van der Waals surface area contributed by atoms with Gasteiger partial charge in [0, 0.05) is 28.5 Å². The molecule has 1 aliphatic carbocycles. The molecule has 4 heterocycles. The lowest BCUT2D eigenvalue weighted by molar-refractivity contribution is -0.0790. The van der Waals surface area contributed by atoms with Gasteiger partial charge in [-0.3, -0.25) is 19.3 Å². The van der Waals surface area contributed by atoms with Crippen molar-refractivity contribution in [2.75, 3.05) is 24.8 Å². The highest BCUT2D eigenvalue weighted by Gasteiger charge is 2.56. The molecule has 1 aromatic heterocycles. The Hall–Kier alpha value is -3.37. The van der Waals surface area contributed by atoms with Crippen LogP contribution in [0.1, 0.15) is 78.7 Å². The average molecular weight is 594 g/mol. The normalized spacial score (nSPS) is 21.7. The van der Waals surface area contributed by atoms with E-state index in [1.54, 1.807) is 21.8 Å². The molecule has 0 N–H and O–H groups in total. The van der Waals surface area contributed by atoms with Crippen LogP contribution < -0.4 is 15.2 Å². The smallest absolute Gasteiger partial charge is 0.278 e. The fourth-order valence-corrected chi connectivity index (χ4v) is 7.55. The first-order valence-corrected chi connectivity index (χ1v) is 15.7. The summed E-state index contributed by atoms with van der Waals surface area (Å²) >= 11 is 1.46. The molecular weight excluding hydrogens is 560 g/mol. The van der Waals surface area contributed by atoms with Crippen molar-refractivity contribution in [3.05, 3.63) is 92.9 Å². The summed E-state index contributed by atoms with van der Waals surface area (Å²) in [5, 5.41) is 2.00. The molecule has 3 aliphatic heterocycles. The largest absolute Gasteiger partial charge is 0.487 e. The molecule has 1 spiro atoms. The van der Waals surface area contributed by atoms with E-state index < -0.39 is 23.8 Å². The Labute approximate surface area is 247 Å². The summed E-state index contributed by atoms with van der Waals surface area (Å²) in [6.07, 6.45) is 6.66. The Kier molecular flexibility index (Phi) is 7.01. The molecule has 3 aromatic rings. The molecule has 1 saturated heterocycles. The maximum atomic E-state index is 15.4. The summed E-state index contributed by atoms with van der Waals surface area (Å²) < 4.78 is 44.1. The van der Waals surface area contributed by atoms with Gasteiger partial charge in [0.1, 0.15) is 6.17 Å². The van der Waals surface area contributed by atoms with E-state index in [2.05, 4.69) is 6.92 Å². The first-order chi connectivity index (χ1) is 20.4. The first kappa shape index (κ1) is 27.5. The third-order valence-corrected chi connectivity index (χ3v) is 9.95. The number of rotatable bonds is 7. The molecule has 2 aromatic carbocycles. The highest BCUT2D eigenvalue weighted by atomic mass is 32.2. The minimum Gasteiger partial charge on any atom is -0.487 e. The Morgan fingerprint density at radius 3 is 2.69 bits per heavy atom. The van der Waals surface area contributed by atoms with Crippen molar-refractivity contribution in [2.24, 2.45) is 0 Å². The minimum atomic E-state index is -0.894. The monoisotopic (exact) mass is 593 g/mol. The number of nitrogens with zero attached hydrogens (tertiary/aromatic N) is 3. The van der Waals surface area contributed by atoms with E-state index in [9.17, 15) is 14.0 Å². The van der Waals surface area contributed by atoms with Gasteiger partial charge in [0.05, 0.1) is 31.4 Å². The lowest BCUT2D eigenvalue weighted by Crippen LogP contribution is -2.68. The van der Waals surface area contributed by atoms with Crippen molar-refractivity contribution in [1.82, 2.24) is 9.58 Å². The van der Waals surface area contributed by atoms with E-state index in [0.29, 0.717) is 18.7 Å². The van der Waals surface area contributed by atoms with Crippen molar-refractivity contribution in [3.63, 3.8) is 0 Å². The molecule has 2 atom stereocenters. The van der Waals surface area contributed by atoms with Gasteiger partial charge in [-0.1, -0.05) is 50.5 Å². The number of thioether (sulfide) groups is 1. The van der Waals surface area contributed by atoms with Crippen LogP contribution >= 0.6 is 11.8 Å². The quantitative estimate of drug-likeness (QED) is 0.325. The second kappa shape index (κ2) is 10.7. The van der Waals surface area contributed by atoms with E-state index in [1.165, 1.54) is 23.9 Å². The summed E-state index contributed by atoms with van der Waals surface area (Å²) in [7, 11) is 0. The Morgan fingerprint density at radius 2 is 1.88 bits per heavy atom. The number of amides is 1. The van der Waals surface area contributed by atoms with Gasteiger partial charge in [-0.05, 0) is 42.5 Å². The van der Waals surface area contributed by atoms with Crippen molar-refractivity contribution >= 4 is 17.7 Å². The molecule has 10 heteroatoms. The maximum absolute atomic E-state index is 15.4. The molecule has 42 heavy (non-hydrogen) atoms. The van der Waals surface area contributed by atoms with E-state index in [0.717, 1.165) is 49.0 Å². The van der Waals surface area contributed by atoms with Crippen LogP contribution in [-0.2, 0) is 10.5 Å². The second-order valence-corrected chi connectivity index (χ2v) is 12.6. The number of benzene rings is 2. The molecule has 220 valence electrons. The number of hydrogen-bond donors (Lipinski definition) is 0. The number of fused-ring (bicyclic) bond motifs is 4. The summed E-state index contributed by atoms with van der Waals surface area (Å²) in [4.78, 5) is 30.2. The molecule has 0 bridgehead atoms. The predicted octanol–water partition coefficient (Wildman–Crippen LogP) is 5.76. The molecule has 7 nitrogen and oxygen atoms in total. The number of hydrogen-bond acceptors (Lipinski definition) is 6. The second-order valence-electron chi connectivity index (χ2n) is 11.6. The highest BCUT2D eigenvalue weighted by molar-refractivity contribution is 7.98. The molecule has 7 rings (SSSR count). The highest BCUT2D eigenvalue weighted by Crippen LogP contribution is 2.48. The molecule has 4 aliphatic rings. The zero-order valence-electron chi connectivity index (χ0n) is 23.5. The number of pyridine rings is 1. The number of aromatic nitrogens is 1. The van der Waals surface area contributed by atoms with Gasteiger partial charge in [0.25, 0.3) is 5.91 Å². The molecule has 0 radical (unpaired) electrons. The van der Waals surface area contributed by atoms with Gasteiger partial charge in [0.15, 0.2) is 23.1 Å². The maximum Gasteiger partial charge on any atom is 0.278 e. The van der Waals surface area contributed by atoms with Crippen LogP contribution in [0.15, 0.2) is 58.4 Å². The van der Waals surface area contributed by atoms with Crippen molar-refractivity contribution in [3.8, 4) is 5.75 Å². The van der Waals surface area contributed by atoms with Gasteiger partial charge in [-0.15, -0.1) is 11.8 Å². The van der Waals surface area contributed by atoms with E-state index >= 15 is 4.39 Å². The lowest BCUT2D eigenvalue weighted by Gasteiger charge is -2.53. The number of unbranched alkanes of at least 4 members (excludes halogenated alkanes) is 3. The molecule has 2 fully saturated rings. The van der Waals surface area contributed by atoms with Gasteiger partial charge < -0.3 is 14.4 Å². The molecular formula is C32H33F2N3O4S. The number of carbonyl (C=O) groups is 1. The third kappa shape index (κ3) is 4.50. The van der Waals surface area contributed by atoms with Gasteiger partial charge in [0.2, 0.25) is 5.43 Å².